The highest BCUT2D eigenvalue weighted by molar-refractivity contribution is 7.49. The highest BCUT2D eigenvalue weighted by Crippen LogP contribution is 2.53. The highest BCUT2D eigenvalue weighted by Gasteiger charge is 2.47. The van der Waals surface area contributed by atoms with E-state index in [1.165, 1.54) is 32.9 Å². The van der Waals surface area contributed by atoms with Gasteiger partial charge in [-0.2, -0.15) is 4.57 Å². The third-order valence-corrected chi connectivity index (χ3v) is 9.21. The molecule has 2 unspecified atom stereocenters. The molecule has 0 aromatic heterocycles. The van der Waals surface area contributed by atoms with Crippen molar-refractivity contribution in [2.75, 3.05) is 0 Å². The van der Waals surface area contributed by atoms with E-state index in [0.717, 1.165) is 0 Å². The fourth-order valence-corrected chi connectivity index (χ4v) is 6.31. The van der Waals surface area contributed by atoms with Crippen LogP contribution in [-0.4, -0.2) is 33.2 Å². The van der Waals surface area contributed by atoms with Crippen LogP contribution in [0.5, 0.6) is 11.5 Å². The number of allylic oxidation sites excluding steroid dienone is 2. The second-order valence-corrected chi connectivity index (χ2v) is 12.4. The summed E-state index contributed by atoms with van der Waals surface area (Å²) in [6.07, 6.45) is -1.02. The standard InChI is InChI=1S/C33H39N2O9P/c1-22(24(3)33(34,25(4)36)26(5)37)32(23(2)31(38)21-18-27-16-19-28(20-17-27)35(39)40)44-45(41,42-29-12-8-6-9-13-29)43-30-14-10-7-11-15-30/h6-17,19-20,22,24-25,36H,18,21,34H2,1-5H3/b32-23-/t22-,24-,25?,33?/m1/s1. The lowest BCUT2D eigenvalue weighted by molar-refractivity contribution is -0.384. The summed E-state index contributed by atoms with van der Waals surface area (Å²) in [6.45, 7) is 7.46. The van der Waals surface area contributed by atoms with Gasteiger partial charge in [0.1, 0.15) is 22.8 Å². The Morgan fingerprint density at radius 1 is 0.911 bits per heavy atom. The van der Waals surface area contributed by atoms with Gasteiger partial charge in [0, 0.05) is 30.0 Å². The first-order valence-corrected chi connectivity index (χ1v) is 15.9. The Labute approximate surface area is 262 Å². The molecule has 0 amide bonds. The van der Waals surface area contributed by atoms with Crippen LogP contribution in [0.15, 0.2) is 96.3 Å². The number of phosphoric acid groups is 1. The molecule has 0 fully saturated rings. The van der Waals surface area contributed by atoms with Crippen molar-refractivity contribution in [3.8, 4) is 11.5 Å². The number of hydrogen-bond acceptors (Lipinski definition) is 10. The van der Waals surface area contributed by atoms with E-state index in [2.05, 4.69) is 0 Å². The minimum atomic E-state index is -4.56. The van der Waals surface area contributed by atoms with Crippen LogP contribution in [0, 0.1) is 22.0 Å². The van der Waals surface area contributed by atoms with E-state index in [9.17, 15) is 29.4 Å². The van der Waals surface area contributed by atoms with Crippen LogP contribution >= 0.6 is 7.82 Å². The molecule has 0 bridgehead atoms. The van der Waals surface area contributed by atoms with Crippen molar-refractivity contribution < 1.29 is 37.8 Å². The first-order chi connectivity index (χ1) is 21.2. The second kappa shape index (κ2) is 15.1. The van der Waals surface area contributed by atoms with Gasteiger partial charge in [0.2, 0.25) is 0 Å². The number of phosphoric ester groups is 1. The molecule has 0 radical (unpaired) electrons. The van der Waals surface area contributed by atoms with Gasteiger partial charge in [-0.1, -0.05) is 62.4 Å². The monoisotopic (exact) mass is 638 g/mol. The molecular formula is C33H39N2O9P. The molecule has 3 N–H and O–H groups in total. The zero-order valence-electron chi connectivity index (χ0n) is 25.9. The predicted molar refractivity (Wildman–Crippen MR) is 170 cm³/mol. The van der Waals surface area contributed by atoms with Crippen molar-refractivity contribution in [2.24, 2.45) is 17.6 Å². The zero-order valence-corrected chi connectivity index (χ0v) is 26.8. The molecule has 3 aromatic rings. The Kier molecular flexibility index (Phi) is 11.8. The van der Waals surface area contributed by atoms with E-state index in [-0.39, 0.29) is 47.1 Å². The number of carbonyl (C=O) groups is 2. The van der Waals surface area contributed by atoms with E-state index in [1.54, 1.807) is 86.6 Å². The Hall–Kier alpha value is -4.31. The number of aliphatic hydroxyl groups excluding tert-OH is 1. The van der Waals surface area contributed by atoms with Gasteiger partial charge in [-0.05, 0) is 62.9 Å². The topological polar surface area (TPSA) is 168 Å². The number of aryl methyl sites for hydroxylation is 1. The summed E-state index contributed by atoms with van der Waals surface area (Å²) in [5.74, 6) is -2.24. The smallest absolute Gasteiger partial charge is 0.391 e. The van der Waals surface area contributed by atoms with E-state index in [1.807, 2.05) is 0 Å². The summed E-state index contributed by atoms with van der Waals surface area (Å²) in [7, 11) is -4.56. The number of carbonyl (C=O) groups excluding carboxylic acids is 2. The SMILES string of the molecule is CC(=O)C(N)(C(C)O)[C@H](C)[C@@H](C)/C(OP(=O)(Oc1ccccc1)Oc1ccccc1)=C(\C)C(=O)CCc1ccc([N+](=O)[O-])cc1. The largest absolute Gasteiger partial charge is 0.646 e. The molecule has 0 spiro atoms. The van der Waals surface area contributed by atoms with Gasteiger partial charge in [0.25, 0.3) is 5.69 Å². The van der Waals surface area contributed by atoms with Crippen LogP contribution < -0.4 is 14.8 Å². The first-order valence-electron chi connectivity index (χ1n) is 14.4. The Balaban J connectivity index is 2.06. The lowest BCUT2D eigenvalue weighted by atomic mass is 9.71. The normalized spacial score (nSPS) is 15.4. The predicted octanol–water partition coefficient (Wildman–Crippen LogP) is 6.59. The number of para-hydroxylation sites is 2. The molecule has 4 atom stereocenters. The zero-order chi connectivity index (χ0) is 33.4. The van der Waals surface area contributed by atoms with Crippen LogP contribution in [0.1, 0.15) is 46.6 Å². The number of rotatable bonds is 16. The van der Waals surface area contributed by atoms with Gasteiger partial charge < -0.3 is 24.4 Å². The fourth-order valence-electron chi connectivity index (χ4n) is 4.89. The summed E-state index contributed by atoms with van der Waals surface area (Å²) in [4.78, 5) is 36.8. The van der Waals surface area contributed by atoms with E-state index < -0.39 is 42.0 Å². The molecule has 0 saturated carbocycles. The van der Waals surface area contributed by atoms with Crippen LogP contribution in [0.3, 0.4) is 0 Å². The third-order valence-electron chi connectivity index (χ3n) is 7.92. The molecule has 0 aliphatic heterocycles. The highest BCUT2D eigenvalue weighted by atomic mass is 31.2. The number of aliphatic hydroxyl groups is 1. The van der Waals surface area contributed by atoms with Crippen molar-refractivity contribution in [3.05, 3.63) is 112 Å². The average molecular weight is 639 g/mol. The third kappa shape index (κ3) is 8.88. The second-order valence-electron chi connectivity index (χ2n) is 10.9. The number of nitrogens with two attached hydrogens (primary N) is 1. The van der Waals surface area contributed by atoms with E-state index in [4.69, 9.17) is 19.3 Å². The number of nitro groups is 1. The molecule has 0 aliphatic carbocycles. The summed E-state index contributed by atoms with van der Waals surface area (Å²) in [5.41, 5.74) is 5.46. The Bertz CT molecular complexity index is 1510. The van der Waals surface area contributed by atoms with Crippen molar-refractivity contribution in [2.45, 2.75) is 59.1 Å². The number of nitro benzene ring substituents is 1. The molecule has 0 saturated heterocycles. The average Bonchev–Trinajstić information content (AvgIpc) is 3.01. The van der Waals surface area contributed by atoms with Gasteiger partial charge in [-0.3, -0.25) is 19.7 Å². The van der Waals surface area contributed by atoms with Crippen LogP contribution in [0.25, 0.3) is 0 Å². The number of non-ortho nitro benzene ring substituents is 1. The lowest BCUT2D eigenvalue weighted by Crippen LogP contribution is -2.61. The van der Waals surface area contributed by atoms with Crippen molar-refractivity contribution in [1.82, 2.24) is 0 Å². The van der Waals surface area contributed by atoms with Gasteiger partial charge in [0.05, 0.1) is 11.0 Å². The number of ketones is 2. The van der Waals surface area contributed by atoms with Crippen molar-refractivity contribution >= 4 is 25.1 Å². The molecule has 45 heavy (non-hydrogen) atoms. The number of hydrogen-bond donors (Lipinski definition) is 2. The maximum atomic E-state index is 14.4. The minimum absolute atomic E-state index is 0.0160. The quantitative estimate of drug-likeness (QED) is 0.0574. The molecular weight excluding hydrogens is 599 g/mol. The van der Waals surface area contributed by atoms with Crippen LogP contribution in [0.2, 0.25) is 0 Å². The summed E-state index contributed by atoms with van der Waals surface area (Å²) in [6, 6.07) is 22.3. The molecule has 12 heteroatoms. The van der Waals surface area contributed by atoms with Gasteiger partial charge in [-0.25, -0.2) is 0 Å². The molecule has 240 valence electrons. The Morgan fingerprint density at radius 2 is 1.40 bits per heavy atom. The maximum Gasteiger partial charge on any atom is 0.646 e. The summed E-state index contributed by atoms with van der Waals surface area (Å²) >= 11 is 0. The first kappa shape index (κ1) is 35.2. The van der Waals surface area contributed by atoms with Gasteiger partial charge >= 0.3 is 7.82 Å². The summed E-state index contributed by atoms with van der Waals surface area (Å²) < 4.78 is 32.1. The molecule has 3 rings (SSSR count). The van der Waals surface area contributed by atoms with Crippen molar-refractivity contribution in [3.63, 3.8) is 0 Å². The van der Waals surface area contributed by atoms with Gasteiger partial charge in [-0.15, -0.1) is 0 Å². The fraction of sp³-hybridized carbons (Fsp3) is 0.333. The molecule has 11 nitrogen and oxygen atoms in total. The van der Waals surface area contributed by atoms with E-state index >= 15 is 0 Å². The molecule has 0 aliphatic rings. The lowest BCUT2D eigenvalue weighted by Gasteiger charge is -2.40. The Morgan fingerprint density at radius 3 is 1.82 bits per heavy atom. The van der Waals surface area contributed by atoms with Crippen LogP contribution in [0.4, 0.5) is 5.69 Å². The number of Topliss-reactive ketones (excluding diaryl/α,β-unsaturated/α-hetero) is 2. The van der Waals surface area contributed by atoms with Crippen LogP contribution in [-0.2, 0) is 25.1 Å². The van der Waals surface area contributed by atoms with Crippen molar-refractivity contribution in [1.29, 1.82) is 0 Å². The van der Waals surface area contributed by atoms with Gasteiger partial charge in [0.15, 0.2) is 11.6 Å². The maximum absolute atomic E-state index is 14.4. The summed E-state index contributed by atoms with van der Waals surface area (Å²) in [5, 5.41) is 21.6. The minimum Gasteiger partial charge on any atom is -0.391 e. The van der Waals surface area contributed by atoms with E-state index in [0.29, 0.717) is 5.56 Å². The number of benzene rings is 3. The molecule has 0 heterocycles. The number of nitrogens with zero attached hydrogens (tertiary/aromatic N) is 1. The molecule has 3 aromatic carbocycles.